The molecule has 1 atom stereocenters. The fourth-order valence-corrected chi connectivity index (χ4v) is 2.82. The number of likely N-dealkylation sites (tertiary alicyclic amines) is 1. The zero-order valence-electron chi connectivity index (χ0n) is 10.8. The Bertz CT molecular complexity index is 266. The van der Waals surface area contributed by atoms with Crippen molar-refractivity contribution in [3.63, 3.8) is 0 Å². The molecule has 4 nitrogen and oxygen atoms in total. The molecule has 17 heavy (non-hydrogen) atoms. The topological polar surface area (TPSA) is 43.8 Å². The number of carbonyl (C=O) groups is 1. The number of rotatable bonds is 6. The maximum absolute atomic E-state index is 11.6. The predicted molar refractivity (Wildman–Crippen MR) is 66.7 cm³/mol. The molecule has 1 aliphatic carbocycles. The standard InChI is InChI=1S/C13H24N2O2/c1-11(17)15(12-5-6-12)10-13-4-2-7-14(13)8-3-9-16/h12-13,16H,2-10H2,1H3/t13-/m1/s1. The summed E-state index contributed by atoms with van der Waals surface area (Å²) in [5.74, 6) is 0.224. The Labute approximate surface area is 104 Å². The zero-order valence-corrected chi connectivity index (χ0v) is 10.8. The highest BCUT2D eigenvalue weighted by Gasteiger charge is 2.34. The Hall–Kier alpha value is -0.610. The number of hydrogen-bond donors (Lipinski definition) is 1. The normalized spacial score (nSPS) is 25.2. The summed E-state index contributed by atoms with van der Waals surface area (Å²) in [5.41, 5.74) is 0. The molecule has 0 aromatic carbocycles. The average molecular weight is 240 g/mol. The van der Waals surface area contributed by atoms with Crippen LogP contribution in [0.5, 0.6) is 0 Å². The summed E-state index contributed by atoms with van der Waals surface area (Å²) in [6.45, 7) is 4.94. The third kappa shape index (κ3) is 3.42. The molecule has 1 aliphatic heterocycles. The van der Waals surface area contributed by atoms with Crippen LogP contribution in [0.15, 0.2) is 0 Å². The van der Waals surface area contributed by atoms with Crippen LogP contribution in [0.2, 0.25) is 0 Å². The van der Waals surface area contributed by atoms with Crippen LogP contribution in [0.4, 0.5) is 0 Å². The number of aliphatic hydroxyl groups is 1. The van der Waals surface area contributed by atoms with Crippen LogP contribution in [0.3, 0.4) is 0 Å². The lowest BCUT2D eigenvalue weighted by atomic mass is 10.2. The summed E-state index contributed by atoms with van der Waals surface area (Å²) in [4.78, 5) is 16.1. The molecule has 4 heteroatoms. The van der Waals surface area contributed by atoms with Crippen LogP contribution in [0.25, 0.3) is 0 Å². The number of hydrogen-bond acceptors (Lipinski definition) is 3. The number of nitrogens with zero attached hydrogens (tertiary/aromatic N) is 2. The van der Waals surface area contributed by atoms with Gasteiger partial charge in [0.25, 0.3) is 0 Å². The second-order valence-electron chi connectivity index (χ2n) is 5.31. The van der Waals surface area contributed by atoms with Crippen molar-refractivity contribution in [1.29, 1.82) is 0 Å². The maximum atomic E-state index is 11.6. The lowest BCUT2D eigenvalue weighted by Gasteiger charge is -2.30. The van der Waals surface area contributed by atoms with E-state index in [-0.39, 0.29) is 12.5 Å². The molecule has 0 radical (unpaired) electrons. The van der Waals surface area contributed by atoms with Gasteiger partial charge in [-0.2, -0.15) is 0 Å². The first kappa shape index (κ1) is 12.8. The molecule has 0 unspecified atom stereocenters. The van der Waals surface area contributed by atoms with Gasteiger partial charge in [-0.05, 0) is 38.6 Å². The lowest BCUT2D eigenvalue weighted by Crippen LogP contribution is -2.43. The second-order valence-corrected chi connectivity index (χ2v) is 5.31. The van der Waals surface area contributed by atoms with Crippen LogP contribution in [-0.2, 0) is 4.79 Å². The molecule has 1 saturated heterocycles. The molecule has 0 aromatic rings. The van der Waals surface area contributed by atoms with Crippen molar-refractivity contribution in [2.45, 2.75) is 51.1 Å². The Kier molecular flexibility index (Phi) is 4.40. The van der Waals surface area contributed by atoms with E-state index in [1.165, 1.54) is 25.7 Å². The van der Waals surface area contributed by atoms with Crippen molar-refractivity contribution < 1.29 is 9.90 Å². The number of carbonyl (C=O) groups excluding carboxylic acids is 1. The monoisotopic (exact) mass is 240 g/mol. The lowest BCUT2D eigenvalue weighted by molar-refractivity contribution is -0.130. The van der Waals surface area contributed by atoms with Gasteiger partial charge in [-0.3, -0.25) is 9.69 Å². The van der Waals surface area contributed by atoms with E-state index in [1.54, 1.807) is 6.92 Å². The zero-order chi connectivity index (χ0) is 12.3. The number of aliphatic hydroxyl groups excluding tert-OH is 1. The SMILES string of the molecule is CC(=O)N(C[C@H]1CCCN1CCCO)C1CC1. The van der Waals surface area contributed by atoms with Crippen molar-refractivity contribution in [1.82, 2.24) is 9.80 Å². The Balaban J connectivity index is 1.84. The van der Waals surface area contributed by atoms with E-state index in [1.807, 2.05) is 0 Å². The van der Waals surface area contributed by atoms with Gasteiger partial charge >= 0.3 is 0 Å². The average Bonchev–Trinajstić information content (AvgIpc) is 3.04. The van der Waals surface area contributed by atoms with E-state index in [2.05, 4.69) is 9.80 Å². The van der Waals surface area contributed by atoms with Crippen molar-refractivity contribution >= 4 is 5.91 Å². The Morgan fingerprint density at radius 1 is 1.41 bits per heavy atom. The van der Waals surface area contributed by atoms with E-state index in [4.69, 9.17) is 5.11 Å². The molecule has 0 aromatic heterocycles. The van der Waals surface area contributed by atoms with Gasteiger partial charge in [0, 0.05) is 38.7 Å². The quantitative estimate of drug-likeness (QED) is 0.748. The number of amides is 1. The Morgan fingerprint density at radius 2 is 2.18 bits per heavy atom. The molecule has 0 spiro atoms. The highest BCUT2D eigenvalue weighted by Crippen LogP contribution is 2.29. The van der Waals surface area contributed by atoms with Crippen LogP contribution >= 0.6 is 0 Å². The molecular formula is C13H24N2O2. The van der Waals surface area contributed by atoms with Crippen LogP contribution in [0.1, 0.15) is 39.0 Å². The van der Waals surface area contributed by atoms with Crippen molar-refractivity contribution in [3.05, 3.63) is 0 Å². The first-order chi connectivity index (χ1) is 8.22. The van der Waals surface area contributed by atoms with Crippen LogP contribution in [0, 0.1) is 0 Å². The molecule has 1 heterocycles. The first-order valence-corrected chi connectivity index (χ1v) is 6.84. The highest BCUT2D eigenvalue weighted by atomic mass is 16.3. The first-order valence-electron chi connectivity index (χ1n) is 6.84. The molecule has 1 saturated carbocycles. The fourth-order valence-electron chi connectivity index (χ4n) is 2.82. The van der Waals surface area contributed by atoms with Crippen molar-refractivity contribution in [3.8, 4) is 0 Å². The molecule has 2 rings (SSSR count). The van der Waals surface area contributed by atoms with Gasteiger partial charge in [0.2, 0.25) is 5.91 Å². The molecular weight excluding hydrogens is 216 g/mol. The van der Waals surface area contributed by atoms with Gasteiger partial charge in [0.15, 0.2) is 0 Å². The van der Waals surface area contributed by atoms with Gasteiger partial charge in [0.05, 0.1) is 0 Å². The van der Waals surface area contributed by atoms with Crippen molar-refractivity contribution in [2.24, 2.45) is 0 Å². The van der Waals surface area contributed by atoms with Crippen LogP contribution < -0.4 is 0 Å². The molecule has 2 aliphatic rings. The van der Waals surface area contributed by atoms with Gasteiger partial charge in [0.1, 0.15) is 0 Å². The van der Waals surface area contributed by atoms with E-state index >= 15 is 0 Å². The van der Waals surface area contributed by atoms with E-state index < -0.39 is 0 Å². The molecule has 0 bridgehead atoms. The summed E-state index contributed by atoms with van der Waals surface area (Å²) < 4.78 is 0. The third-order valence-electron chi connectivity index (χ3n) is 3.90. The minimum absolute atomic E-state index is 0.224. The smallest absolute Gasteiger partial charge is 0.219 e. The fraction of sp³-hybridized carbons (Fsp3) is 0.923. The second kappa shape index (κ2) is 5.83. The van der Waals surface area contributed by atoms with Crippen LogP contribution in [-0.4, -0.2) is 59.1 Å². The molecule has 2 fully saturated rings. The Morgan fingerprint density at radius 3 is 2.76 bits per heavy atom. The van der Waals surface area contributed by atoms with E-state index in [0.29, 0.717) is 12.1 Å². The molecule has 1 amide bonds. The third-order valence-corrected chi connectivity index (χ3v) is 3.90. The summed E-state index contributed by atoms with van der Waals surface area (Å²) in [6.07, 6.45) is 5.64. The molecule has 1 N–H and O–H groups in total. The van der Waals surface area contributed by atoms with E-state index in [0.717, 1.165) is 26.1 Å². The highest BCUT2D eigenvalue weighted by molar-refractivity contribution is 5.74. The van der Waals surface area contributed by atoms with Crippen molar-refractivity contribution in [2.75, 3.05) is 26.2 Å². The minimum atomic E-state index is 0.224. The van der Waals surface area contributed by atoms with Gasteiger partial charge in [-0.15, -0.1) is 0 Å². The van der Waals surface area contributed by atoms with Gasteiger partial charge < -0.3 is 10.0 Å². The largest absolute Gasteiger partial charge is 0.396 e. The predicted octanol–water partition coefficient (Wildman–Crippen LogP) is 0.844. The van der Waals surface area contributed by atoms with Gasteiger partial charge in [-0.1, -0.05) is 0 Å². The molecule has 98 valence electrons. The summed E-state index contributed by atoms with van der Waals surface area (Å²) in [7, 11) is 0. The van der Waals surface area contributed by atoms with Gasteiger partial charge in [-0.25, -0.2) is 0 Å². The summed E-state index contributed by atoms with van der Waals surface area (Å²) in [5, 5.41) is 8.89. The summed E-state index contributed by atoms with van der Waals surface area (Å²) >= 11 is 0. The van der Waals surface area contributed by atoms with E-state index in [9.17, 15) is 4.79 Å². The minimum Gasteiger partial charge on any atom is -0.396 e. The summed E-state index contributed by atoms with van der Waals surface area (Å²) in [6, 6.07) is 1.04. The maximum Gasteiger partial charge on any atom is 0.219 e.